The number of anilines is 1. The number of primary amides is 1. The smallest absolute Gasteiger partial charge is 0.314 e. The maximum atomic E-state index is 11.5. The molecule has 0 bridgehead atoms. The second-order valence-electron chi connectivity index (χ2n) is 8.19. The molecule has 32 heavy (non-hydrogen) atoms. The highest BCUT2D eigenvalue weighted by atomic mass is 16.5. The van der Waals surface area contributed by atoms with Crippen molar-refractivity contribution in [2.75, 3.05) is 44.8 Å². The van der Waals surface area contributed by atoms with Crippen LogP contribution in [0.4, 0.5) is 10.5 Å². The molecule has 0 aliphatic carbocycles. The Balaban J connectivity index is 1.44. The van der Waals surface area contributed by atoms with Crippen molar-refractivity contribution in [1.82, 2.24) is 19.9 Å². The molecule has 3 aromatic rings. The number of aryl methyl sites for hydroxylation is 1. The van der Waals surface area contributed by atoms with Gasteiger partial charge in [-0.25, -0.2) is 14.8 Å². The Kier molecular flexibility index (Phi) is 5.48. The van der Waals surface area contributed by atoms with Crippen LogP contribution in [0.3, 0.4) is 0 Å². The fraction of sp³-hybridized carbons (Fsp3) is 0.391. The number of fused-ring (bicyclic) bond motifs is 2. The summed E-state index contributed by atoms with van der Waals surface area (Å²) in [6.45, 7) is 2.61. The highest BCUT2D eigenvalue weighted by molar-refractivity contribution is 5.83. The van der Waals surface area contributed by atoms with Crippen molar-refractivity contribution in [2.24, 2.45) is 5.73 Å². The van der Waals surface area contributed by atoms with Gasteiger partial charge in [0.25, 0.3) is 0 Å². The molecule has 5 rings (SSSR count). The van der Waals surface area contributed by atoms with Crippen molar-refractivity contribution in [1.29, 1.82) is 0 Å². The highest BCUT2D eigenvalue weighted by Crippen LogP contribution is 2.32. The Hall–Kier alpha value is -3.46. The van der Waals surface area contributed by atoms with Crippen LogP contribution in [0.1, 0.15) is 12.0 Å². The van der Waals surface area contributed by atoms with Crippen molar-refractivity contribution in [2.45, 2.75) is 18.9 Å². The lowest BCUT2D eigenvalue weighted by Gasteiger charge is -2.31. The predicted molar refractivity (Wildman–Crippen MR) is 121 cm³/mol. The average molecular weight is 435 g/mol. The molecule has 0 saturated carbocycles. The maximum absolute atomic E-state index is 11.5. The first-order valence-corrected chi connectivity index (χ1v) is 10.8. The summed E-state index contributed by atoms with van der Waals surface area (Å²) in [6.07, 6.45) is 5.19. The molecule has 2 N–H and O–H groups in total. The lowest BCUT2D eigenvalue weighted by atomic mass is 9.98. The minimum Gasteiger partial charge on any atom is -0.473 e. The number of hydrogen-bond acceptors (Lipinski definition) is 7. The van der Waals surface area contributed by atoms with E-state index in [4.69, 9.17) is 20.2 Å². The molecule has 4 heterocycles. The van der Waals surface area contributed by atoms with E-state index >= 15 is 0 Å². The van der Waals surface area contributed by atoms with E-state index in [0.717, 1.165) is 30.6 Å². The molecule has 0 unspecified atom stereocenters. The van der Waals surface area contributed by atoms with Gasteiger partial charge in [0.1, 0.15) is 12.7 Å². The molecule has 1 saturated heterocycles. The van der Waals surface area contributed by atoms with E-state index in [9.17, 15) is 4.79 Å². The minimum absolute atomic E-state index is 0.237. The minimum atomic E-state index is -0.451. The van der Waals surface area contributed by atoms with Crippen LogP contribution in [0.15, 0.2) is 36.7 Å². The predicted octanol–water partition coefficient (Wildman–Crippen LogP) is 2.23. The monoisotopic (exact) mass is 434 g/mol. The molecule has 2 aliphatic rings. The molecule has 0 radical (unpaired) electrons. The summed E-state index contributed by atoms with van der Waals surface area (Å²) in [5.74, 6) is 0.403. The van der Waals surface area contributed by atoms with Crippen LogP contribution in [-0.4, -0.2) is 71.9 Å². The van der Waals surface area contributed by atoms with E-state index < -0.39 is 6.03 Å². The Bertz CT molecular complexity index is 1150. The number of morpholine rings is 1. The Morgan fingerprint density at radius 3 is 3.00 bits per heavy atom. The number of nitrogens with zero attached hydrogens (tertiary/aromatic N) is 5. The molecule has 1 aromatic carbocycles. The zero-order valence-corrected chi connectivity index (χ0v) is 18.0. The summed E-state index contributed by atoms with van der Waals surface area (Å²) >= 11 is 0. The van der Waals surface area contributed by atoms with E-state index in [-0.39, 0.29) is 12.7 Å². The molecule has 2 aromatic heterocycles. The van der Waals surface area contributed by atoms with Gasteiger partial charge in [0.2, 0.25) is 5.88 Å². The van der Waals surface area contributed by atoms with E-state index in [2.05, 4.69) is 40.1 Å². The van der Waals surface area contributed by atoms with Gasteiger partial charge in [-0.15, -0.1) is 0 Å². The summed E-state index contributed by atoms with van der Waals surface area (Å²) in [5, 5.41) is 0. The lowest BCUT2D eigenvalue weighted by molar-refractivity contribution is -0.0346. The maximum Gasteiger partial charge on any atom is 0.314 e. The fourth-order valence-corrected chi connectivity index (χ4v) is 4.33. The van der Waals surface area contributed by atoms with Gasteiger partial charge in [-0.2, -0.15) is 0 Å². The first-order valence-electron chi connectivity index (χ1n) is 10.8. The first kappa shape index (κ1) is 20.4. The zero-order chi connectivity index (χ0) is 22.1. The number of nitrogens with two attached hydrogens (primary N) is 1. The van der Waals surface area contributed by atoms with Crippen molar-refractivity contribution >= 4 is 22.8 Å². The number of carbonyl (C=O) groups excluding carboxylic acids is 1. The van der Waals surface area contributed by atoms with E-state index in [1.165, 1.54) is 11.3 Å². The fourth-order valence-electron chi connectivity index (χ4n) is 4.33. The van der Waals surface area contributed by atoms with Crippen LogP contribution >= 0.6 is 0 Å². The third kappa shape index (κ3) is 4.03. The number of amides is 2. The summed E-state index contributed by atoms with van der Waals surface area (Å²) < 4.78 is 11.8. The van der Waals surface area contributed by atoms with Crippen LogP contribution in [0.25, 0.3) is 22.3 Å². The van der Waals surface area contributed by atoms with Gasteiger partial charge < -0.3 is 25.0 Å². The Labute approximate surface area is 186 Å². The molecule has 9 heteroatoms. The summed E-state index contributed by atoms with van der Waals surface area (Å²) in [4.78, 5) is 29.0. The summed E-state index contributed by atoms with van der Waals surface area (Å²) in [7, 11) is 2.13. The Morgan fingerprint density at radius 2 is 2.12 bits per heavy atom. The second kappa shape index (κ2) is 8.58. The third-order valence-electron chi connectivity index (χ3n) is 6.01. The topological polar surface area (TPSA) is 107 Å². The van der Waals surface area contributed by atoms with Crippen LogP contribution in [0.5, 0.6) is 5.88 Å². The number of carbonyl (C=O) groups is 1. The zero-order valence-electron chi connectivity index (χ0n) is 18.0. The number of aromatic nitrogens is 3. The summed E-state index contributed by atoms with van der Waals surface area (Å²) in [5.41, 5.74) is 11.1. The van der Waals surface area contributed by atoms with Crippen molar-refractivity contribution < 1.29 is 14.3 Å². The molecule has 1 atom stereocenters. The van der Waals surface area contributed by atoms with Crippen LogP contribution < -0.4 is 15.4 Å². The molecule has 2 aliphatic heterocycles. The van der Waals surface area contributed by atoms with Crippen LogP contribution in [-0.2, 0) is 11.2 Å². The van der Waals surface area contributed by atoms with Crippen LogP contribution in [0.2, 0.25) is 0 Å². The SMILES string of the molecule is CN1CCCc2cc(-c3cc4nccnc4c(OC[C@@H]4CN(C(N)=O)CCO4)n3)ccc21. The quantitative estimate of drug-likeness (QED) is 0.671. The van der Waals surface area contributed by atoms with E-state index in [1.54, 1.807) is 17.3 Å². The van der Waals surface area contributed by atoms with Crippen LogP contribution in [0, 0.1) is 0 Å². The van der Waals surface area contributed by atoms with Gasteiger partial charge >= 0.3 is 6.03 Å². The molecule has 9 nitrogen and oxygen atoms in total. The van der Waals surface area contributed by atoms with Gasteiger partial charge in [0.15, 0.2) is 5.52 Å². The van der Waals surface area contributed by atoms with Gasteiger partial charge in [0.05, 0.1) is 24.4 Å². The summed E-state index contributed by atoms with van der Waals surface area (Å²) in [6, 6.07) is 7.93. The largest absolute Gasteiger partial charge is 0.473 e. The number of rotatable bonds is 4. The number of pyridine rings is 1. The van der Waals surface area contributed by atoms with Crippen molar-refractivity contribution in [3.05, 3.63) is 42.2 Å². The molecule has 0 spiro atoms. The average Bonchev–Trinajstić information content (AvgIpc) is 2.82. The molecule has 166 valence electrons. The number of benzene rings is 1. The standard InChI is InChI=1S/C23H26N6O3/c1-28-8-2-3-16-11-15(4-5-20(16)28)18-12-19-21(26-7-6-25-19)22(27-18)32-14-17-13-29(23(24)30)9-10-31-17/h4-7,11-12,17H,2-3,8-10,13-14H2,1H3,(H2,24,30)/t17-/m0/s1. The molecule has 1 fully saturated rings. The van der Waals surface area contributed by atoms with Gasteiger partial charge in [-0.1, -0.05) is 6.07 Å². The number of ether oxygens (including phenoxy) is 2. The lowest BCUT2D eigenvalue weighted by Crippen LogP contribution is -2.49. The number of urea groups is 1. The second-order valence-corrected chi connectivity index (χ2v) is 8.19. The third-order valence-corrected chi connectivity index (χ3v) is 6.01. The van der Waals surface area contributed by atoms with E-state index in [0.29, 0.717) is 36.6 Å². The van der Waals surface area contributed by atoms with Gasteiger partial charge in [-0.05, 0) is 36.6 Å². The molecule has 2 amide bonds. The van der Waals surface area contributed by atoms with Gasteiger partial charge in [0, 0.05) is 43.8 Å². The van der Waals surface area contributed by atoms with E-state index in [1.807, 2.05) is 6.07 Å². The Morgan fingerprint density at radius 1 is 1.25 bits per heavy atom. The normalized spacial score (nSPS) is 18.5. The highest BCUT2D eigenvalue weighted by Gasteiger charge is 2.24. The van der Waals surface area contributed by atoms with Gasteiger partial charge in [-0.3, -0.25) is 4.98 Å². The molecular formula is C23H26N6O3. The van der Waals surface area contributed by atoms with Crippen molar-refractivity contribution in [3.8, 4) is 17.1 Å². The van der Waals surface area contributed by atoms with Crippen molar-refractivity contribution in [3.63, 3.8) is 0 Å². The number of hydrogen-bond donors (Lipinski definition) is 1. The first-order chi connectivity index (χ1) is 15.6. The molecular weight excluding hydrogens is 408 g/mol.